The topological polar surface area (TPSA) is 41.1 Å². The molecule has 3 rings (SSSR count). The summed E-state index contributed by atoms with van der Waals surface area (Å²) in [5, 5.41) is 5.91. The zero-order valence-corrected chi connectivity index (χ0v) is 12.9. The van der Waals surface area contributed by atoms with Crippen LogP contribution in [0.3, 0.4) is 0 Å². The van der Waals surface area contributed by atoms with Crippen molar-refractivity contribution in [3.8, 4) is 0 Å². The molecule has 3 nitrogen and oxygen atoms in total. The van der Waals surface area contributed by atoms with Crippen LogP contribution < -0.4 is 10.6 Å². The molecule has 0 radical (unpaired) electrons. The maximum absolute atomic E-state index is 13.3. The van der Waals surface area contributed by atoms with Crippen LogP contribution in [0, 0.1) is 11.6 Å². The van der Waals surface area contributed by atoms with E-state index < -0.39 is 11.9 Å². The predicted molar refractivity (Wildman–Crippen MR) is 85.3 cm³/mol. The molecule has 2 N–H and O–H groups in total. The average Bonchev–Trinajstić information content (AvgIpc) is 3.33. The highest BCUT2D eigenvalue weighted by Crippen LogP contribution is 2.26. The summed E-state index contributed by atoms with van der Waals surface area (Å²) in [7, 11) is 0. The van der Waals surface area contributed by atoms with Gasteiger partial charge in [-0.25, -0.2) is 8.78 Å². The lowest BCUT2D eigenvalue weighted by atomic mass is 10.1. The third-order valence-electron chi connectivity index (χ3n) is 3.62. The Bertz CT molecular complexity index is 717. The van der Waals surface area contributed by atoms with Crippen molar-refractivity contribution < 1.29 is 13.6 Å². The second kappa shape index (κ2) is 6.54. The van der Waals surface area contributed by atoms with Gasteiger partial charge < -0.3 is 10.6 Å². The van der Waals surface area contributed by atoms with Crippen LogP contribution in [0.1, 0.15) is 24.4 Å². The summed E-state index contributed by atoms with van der Waals surface area (Å²) >= 11 is 5.77. The molecule has 1 aliphatic rings. The number of rotatable bonds is 5. The number of halogens is 3. The van der Waals surface area contributed by atoms with Crippen molar-refractivity contribution in [1.29, 1.82) is 0 Å². The van der Waals surface area contributed by atoms with E-state index >= 15 is 0 Å². The molecule has 1 fully saturated rings. The molecule has 1 saturated carbocycles. The number of benzene rings is 2. The van der Waals surface area contributed by atoms with Gasteiger partial charge in [-0.3, -0.25) is 4.79 Å². The van der Waals surface area contributed by atoms with Crippen LogP contribution in [0.4, 0.5) is 14.5 Å². The number of hydrogen-bond acceptors (Lipinski definition) is 2. The van der Waals surface area contributed by atoms with E-state index in [1.54, 1.807) is 12.1 Å². The third kappa shape index (κ3) is 3.99. The maximum atomic E-state index is 13.3. The van der Waals surface area contributed by atoms with Crippen molar-refractivity contribution in [1.82, 2.24) is 5.32 Å². The highest BCUT2D eigenvalue weighted by Gasteiger charge is 2.28. The van der Waals surface area contributed by atoms with Crippen molar-refractivity contribution >= 4 is 23.2 Å². The molecular weight excluding hydrogens is 322 g/mol. The van der Waals surface area contributed by atoms with Crippen molar-refractivity contribution in [3.05, 3.63) is 64.7 Å². The molecule has 1 atom stereocenters. The van der Waals surface area contributed by atoms with Crippen LogP contribution in [0.5, 0.6) is 0 Å². The van der Waals surface area contributed by atoms with Crippen molar-refractivity contribution in [2.45, 2.75) is 24.9 Å². The zero-order chi connectivity index (χ0) is 16.4. The first-order valence-electron chi connectivity index (χ1n) is 7.30. The normalized spacial score (nSPS) is 15.1. The van der Waals surface area contributed by atoms with Crippen LogP contribution in [-0.4, -0.2) is 11.9 Å². The minimum Gasteiger partial charge on any atom is -0.370 e. The van der Waals surface area contributed by atoms with Crippen LogP contribution in [0.2, 0.25) is 5.02 Å². The van der Waals surface area contributed by atoms with Crippen LogP contribution in [-0.2, 0) is 4.79 Å². The summed E-state index contributed by atoms with van der Waals surface area (Å²) in [5.41, 5.74) is 1.13. The van der Waals surface area contributed by atoms with Gasteiger partial charge in [0.15, 0.2) is 0 Å². The third-order valence-corrected chi connectivity index (χ3v) is 3.91. The lowest BCUT2D eigenvalue weighted by molar-refractivity contribution is -0.122. The largest absolute Gasteiger partial charge is 0.370 e. The Morgan fingerprint density at radius 1 is 1.13 bits per heavy atom. The molecule has 23 heavy (non-hydrogen) atoms. The number of amides is 1. The predicted octanol–water partition coefficient (Wildman–Crippen LogP) is 4.05. The lowest BCUT2D eigenvalue weighted by Crippen LogP contribution is -2.34. The summed E-state index contributed by atoms with van der Waals surface area (Å²) in [6.45, 7) is 0. The molecule has 0 unspecified atom stereocenters. The molecule has 0 aliphatic heterocycles. The molecule has 2 aromatic rings. The number of anilines is 1. The second-order valence-corrected chi connectivity index (χ2v) is 5.95. The fraction of sp³-hybridized carbons (Fsp3) is 0.235. The van der Waals surface area contributed by atoms with Gasteiger partial charge in [-0.1, -0.05) is 23.7 Å². The van der Waals surface area contributed by atoms with Gasteiger partial charge in [-0.15, -0.1) is 0 Å². The van der Waals surface area contributed by atoms with Crippen LogP contribution in [0.25, 0.3) is 0 Å². The van der Waals surface area contributed by atoms with E-state index in [2.05, 4.69) is 10.6 Å². The quantitative estimate of drug-likeness (QED) is 0.865. The first kappa shape index (κ1) is 15.7. The second-order valence-electron chi connectivity index (χ2n) is 5.54. The van der Waals surface area contributed by atoms with Crippen LogP contribution in [0.15, 0.2) is 42.5 Å². The summed E-state index contributed by atoms with van der Waals surface area (Å²) < 4.78 is 26.4. The summed E-state index contributed by atoms with van der Waals surface area (Å²) in [6.07, 6.45) is 1.93. The molecule has 1 amide bonds. The fourth-order valence-corrected chi connectivity index (χ4v) is 2.40. The Morgan fingerprint density at radius 3 is 2.43 bits per heavy atom. The van der Waals surface area contributed by atoms with Gasteiger partial charge in [0.2, 0.25) is 5.91 Å². The molecule has 2 aromatic carbocycles. The summed E-state index contributed by atoms with van der Waals surface area (Å²) in [4.78, 5) is 12.5. The number of nitrogens with one attached hydrogen (secondary N) is 2. The number of carbonyl (C=O) groups is 1. The Labute approximate surface area is 137 Å². The van der Waals surface area contributed by atoms with Gasteiger partial charge in [0.05, 0.1) is 5.02 Å². The highest BCUT2D eigenvalue weighted by molar-refractivity contribution is 6.31. The zero-order valence-electron chi connectivity index (χ0n) is 12.2. The van der Waals surface area contributed by atoms with E-state index in [0.29, 0.717) is 11.3 Å². The van der Waals surface area contributed by atoms with Gasteiger partial charge >= 0.3 is 0 Å². The molecular formula is C17H15ClF2N2O. The van der Waals surface area contributed by atoms with Crippen molar-refractivity contribution in [2.75, 3.05) is 5.32 Å². The first-order valence-corrected chi connectivity index (χ1v) is 7.68. The molecule has 0 aromatic heterocycles. The highest BCUT2D eigenvalue weighted by atomic mass is 35.5. The Kier molecular flexibility index (Phi) is 4.48. The maximum Gasteiger partial charge on any atom is 0.247 e. The number of carbonyl (C=O) groups excluding carboxylic acids is 1. The van der Waals surface area contributed by atoms with Gasteiger partial charge in [0.25, 0.3) is 0 Å². The minimum absolute atomic E-state index is 0.0320. The van der Waals surface area contributed by atoms with Gasteiger partial charge in [-0.05, 0) is 48.7 Å². The Hall–Kier alpha value is -2.14. The lowest BCUT2D eigenvalue weighted by Gasteiger charge is -2.20. The number of hydrogen-bond donors (Lipinski definition) is 2. The Morgan fingerprint density at radius 2 is 1.83 bits per heavy atom. The molecule has 1 aliphatic carbocycles. The summed E-state index contributed by atoms with van der Waals surface area (Å²) in [5.74, 6) is -1.11. The molecule has 0 heterocycles. The fourth-order valence-electron chi connectivity index (χ4n) is 2.22. The summed E-state index contributed by atoms with van der Waals surface area (Å²) in [6, 6.07) is 9.32. The van der Waals surface area contributed by atoms with E-state index in [4.69, 9.17) is 11.6 Å². The van der Waals surface area contributed by atoms with Crippen molar-refractivity contribution in [2.24, 2.45) is 0 Å². The Balaban J connectivity index is 1.85. The monoisotopic (exact) mass is 336 g/mol. The van der Waals surface area contributed by atoms with E-state index in [1.165, 1.54) is 30.3 Å². The van der Waals surface area contributed by atoms with E-state index in [0.717, 1.165) is 12.8 Å². The first-order chi connectivity index (χ1) is 11.0. The molecule has 120 valence electrons. The molecule has 0 spiro atoms. The standard InChI is InChI=1S/C17H15ClF2N2O/c18-14-9-13(7-8-15(14)20)21-16(17(23)22-12-5-6-12)10-1-3-11(19)4-2-10/h1-4,7-9,12,16,21H,5-6H2,(H,22,23)/t16-/m1/s1. The SMILES string of the molecule is O=C(NC1CC1)[C@H](Nc1ccc(F)c(Cl)c1)c1ccc(F)cc1. The minimum atomic E-state index is -0.710. The van der Waals surface area contributed by atoms with Gasteiger partial charge in [0.1, 0.15) is 17.7 Å². The van der Waals surface area contributed by atoms with Gasteiger partial charge in [0, 0.05) is 11.7 Å². The average molecular weight is 337 g/mol. The van der Waals surface area contributed by atoms with E-state index in [1.807, 2.05) is 0 Å². The smallest absolute Gasteiger partial charge is 0.247 e. The van der Waals surface area contributed by atoms with E-state index in [-0.39, 0.29) is 22.8 Å². The van der Waals surface area contributed by atoms with Crippen molar-refractivity contribution in [3.63, 3.8) is 0 Å². The van der Waals surface area contributed by atoms with E-state index in [9.17, 15) is 13.6 Å². The molecule has 6 heteroatoms. The molecule has 0 saturated heterocycles. The van der Waals surface area contributed by atoms with Gasteiger partial charge in [-0.2, -0.15) is 0 Å². The molecule has 0 bridgehead atoms. The van der Waals surface area contributed by atoms with Crippen LogP contribution >= 0.6 is 11.6 Å².